The fourth-order valence-electron chi connectivity index (χ4n) is 4.33. The van der Waals surface area contributed by atoms with Crippen LogP contribution in [0.4, 0.5) is 0 Å². The Morgan fingerprint density at radius 2 is 1.80 bits per heavy atom. The highest BCUT2D eigenvalue weighted by atomic mass is 32.2. The molecule has 1 heterocycles. The van der Waals surface area contributed by atoms with Crippen molar-refractivity contribution in [3.05, 3.63) is 0 Å². The lowest BCUT2D eigenvalue weighted by atomic mass is 9.93. The molecule has 0 aromatic heterocycles. The van der Waals surface area contributed by atoms with Gasteiger partial charge >= 0.3 is 0 Å². The van der Waals surface area contributed by atoms with Crippen molar-refractivity contribution in [1.29, 1.82) is 0 Å². The molecule has 0 aromatic carbocycles. The third-order valence-corrected chi connectivity index (χ3v) is 7.26. The second-order valence-corrected chi connectivity index (χ2v) is 9.00. The predicted octanol–water partition coefficient (Wildman–Crippen LogP) is 0.0610. The molecule has 0 amide bonds. The molecule has 1 aliphatic heterocycles. The van der Waals surface area contributed by atoms with Gasteiger partial charge in [-0.3, -0.25) is 9.80 Å². The Hall–Kier alpha value is -0.170. The first kappa shape index (κ1) is 14.8. The molecule has 5 nitrogen and oxygen atoms in total. The topological polar surface area (TPSA) is 66.6 Å². The minimum Gasteiger partial charge on any atom is -0.329 e. The van der Waals surface area contributed by atoms with E-state index in [4.69, 9.17) is 5.73 Å². The summed E-state index contributed by atoms with van der Waals surface area (Å²) < 4.78 is 24.3. The SMILES string of the molecule is CS(=O)(=O)C1CCCC1(CN)N1CCN(C2CC2)CC1. The molecule has 6 heteroatoms. The normalized spacial score (nSPS) is 37.4. The van der Waals surface area contributed by atoms with E-state index in [1.165, 1.54) is 19.1 Å². The van der Waals surface area contributed by atoms with E-state index in [1.807, 2.05) is 0 Å². The van der Waals surface area contributed by atoms with Gasteiger partial charge in [-0.05, 0) is 25.7 Å². The number of hydrogen-bond acceptors (Lipinski definition) is 5. The van der Waals surface area contributed by atoms with E-state index < -0.39 is 9.84 Å². The van der Waals surface area contributed by atoms with Crippen molar-refractivity contribution in [1.82, 2.24) is 9.80 Å². The highest BCUT2D eigenvalue weighted by Gasteiger charge is 2.51. The Bertz CT molecular complexity index is 455. The summed E-state index contributed by atoms with van der Waals surface area (Å²) in [5, 5.41) is -0.271. The van der Waals surface area contributed by atoms with Gasteiger partial charge in [-0.1, -0.05) is 6.42 Å². The Kier molecular flexibility index (Phi) is 3.86. The summed E-state index contributed by atoms with van der Waals surface area (Å²) in [5.74, 6) is 0. The van der Waals surface area contributed by atoms with Crippen molar-refractivity contribution in [3.63, 3.8) is 0 Å². The number of piperazine rings is 1. The first-order chi connectivity index (χ1) is 9.47. The van der Waals surface area contributed by atoms with Gasteiger partial charge in [0, 0.05) is 50.6 Å². The van der Waals surface area contributed by atoms with E-state index in [0.29, 0.717) is 6.54 Å². The van der Waals surface area contributed by atoms with E-state index in [2.05, 4.69) is 9.80 Å². The zero-order chi connectivity index (χ0) is 14.4. The molecular weight excluding hydrogens is 274 g/mol. The molecule has 0 bridgehead atoms. The van der Waals surface area contributed by atoms with Crippen LogP contribution in [0.1, 0.15) is 32.1 Å². The zero-order valence-electron chi connectivity index (χ0n) is 12.4. The first-order valence-corrected chi connectivity index (χ1v) is 9.81. The lowest BCUT2D eigenvalue weighted by Crippen LogP contribution is -2.64. The van der Waals surface area contributed by atoms with E-state index in [1.54, 1.807) is 0 Å². The summed E-state index contributed by atoms with van der Waals surface area (Å²) in [6.07, 6.45) is 6.76. The molecule has 3 fully saturated rings. The van der Waals surface area contributed by atoms with Gasteiger partial charge in [-0.25, -0.2) is 8.42 Å². The van der Waals surface area contributed by atoms with Crippen molar-refractivity contribution in [2.24, 2.45) is 5.73 Å². The summed E-state index contributed by atoms with van der Waals surface area (Å²) in [7, 11) is -3.02. The molecule has 2 aliphatic carbocycles. The van der Waals surface area contributed by atoms with Crippen molar-refractivity contribution in [3.8, 4) is 0 Å². The maximum Gasteiger partial charge on any atom is 0.152 e. The molecular formula is C14H27N3O2S. The van der Waals surface area contributed by atoms with E-state index in [9.17, 15) is 8.42 Å². The molecule has 0 aromatic rings. The van der Waals surface area contributed by atoms with Crippen molar-refractivity contribution >= 4 is 9.84 Å². The van der Waals surface area contributed by atoms with Crippen molar-refractivity contribution in [2.75, 3.05) is 39.0 Å². The van der Waals surface area contributed by atoms with Crippen LogP contribution in [0.2, 0.25) is 0 Å². The molecule has 3 rings (SSSR count). The number of rotatable bonds is 4. The summed E-state index contributed by atoms with van der Waals surface area (Å²) in [5.41, 5.74) is 5.77. The molecule has 0 spiro atoms. The fourth-order valence-corrected chi connectivity index (χ4v) is 6.09. The van der Waals surface area contributed by atoms with Gasteiger partial charge in [0.05, 0.1) is 5.25 Å². The van der Waals surface area contributed by atoms with Crippen molar-refractivity contribution in [2.45, 2.75) is 48.9 Å². The van der Waals surface area contributed by atoms with Gasteiger partial charge in [0.2, 0.25) is 0 Å². The van der Waals surface area contributed by atoms with Crippen LogP contribution in [0.5, 0.6) is 0 Å². The maximum absolute atomic E-state index is 12.1. The lowest BCUT2D eigenvalue weighted by molar-refractivity contribution is 0.0385. The smallest absolute Gasteiger partial charge is 0.152 e. The molecule has 20 heavy (non-hydrogen) atoms. The minimum atomic E-state index is -3.02. The van der Waals surface area contributed by atoms with Crippen LogP contribution in [-0.4, -0.2) is 74.0 Å². The second-order valence-electron chi connectivity index (χ2n) is 6.77. The van der Waals surface area contributed by atoms with Crippen LogP contribution in [0.15, 0.2) is 0 Å². The van der Waals surface area contributed by atoms with Gasteiger partial charge < -0.3 is 5.73 Å². The van der Waals surface area contributed by atoms with E-state index in [-0.39, 0.29) is 10.8 Å². The summed E-state index contributed by atoms with van der Waals surface area (Å²) in [4.78, 5) is 4.95. The number of nitrogens with two attached hydrogens (primary N) is 1. The van der Waals surface area contributed by atoms with Crippen LogP contribution in [0.3, 0.4) is 0 Å². The van der Waals surface area contributed by atoms with Crippen LogP contribution < -0.4 is 5.73 Å². The molecule has 2 N–H and O–H groups in total. The molecule has 2 unspecified atom stereocenters. The lowest BCUT2D eigenvalue weighted by Gasteiger charge is -2.48. The van der Waals surface area contributed by atoms with E-state index in [0.717, 1.165) is 51.5 Å². The molecule has 2 saturated carbocycles. The van der Waals surface area contributed by atoms with Gasteiger partial charge in [0.25, 0.3) is 0 Å². The number of nitrogens with zero attached hydrogens (tertiary/aromatic N) is 2. The van der Waals surface area contributed by atoms with Crippen LogP contribution in [0, 0.1) is 0 Å². The maximum atomic E-state index is 12.1. The van der Waals surface area contributed by atoms with Crippen LogP contribution in [0.25, 0.3) is 0 Å². The summed E-state index contributed by atoms with van der Waals surface area (Å²) >= 11 is 0. The minimum absolute atomic E-state index is 0.271. The standard InChI is InChI=1S/C14H27N3O2S/c1-20(18,19)13-3-2-6-14(13,11-15)17-9-7-16(8-10-17)12-4-5-12/h12-13H,2-11,15H2,1H3. The van der Waals surface area contributed by atoms with Gasteiger partial charge in [0.1, 0.15) is 0 Å². The quantitative estimate of drug-likeness (QED) is 0.795. The second kappa shape index (κ2) is 5.23. The van der Waals surface area contributed by atoms with E-state index >= 15 is 0 Å². The first-order valence-electron chi connectivity index (χ1n) is 7.85. The highest BCUT2D eigenvalue weighted by Crippen LogP contribution is 2.40. The summed E-state index contributed by atoms with van der Waals surface area (Å²) in [6, 6.07) is 0.806. The largest absolute Gasteiger partial charge is 0.329 e. The average molecular weight is 301 g/mol. The fraction of sp³-hybridized carbons (Fsp3) is 1.00. The third kappa shape index (κ3) is 2.51. The molecule has 1 saturated heterocycles. The highest BCUT2D eigenvalue weighted by molar-refractivity contribution is 7.91. The number of hydrogen-bond donors (Lipinski definition) is 1. The van der Waals surface area contributed by atoms with Crippen LogP contribution in [-0.2, 0) is 9.84 Å². The third-order valence-electron chi connectivity index (χ3n) is 5.55. The Balaban J connectivity index is 1.75. The average Bonchev–Trinajstić information content (AvgIpc) is 3.16. The molecule has 116 valence electrons. The Morgan fingerprint density at radius 1 is 1.15 bits per heavy atom. The Morgan fingerprint density at radius 3 is 2.30 bits per heavy atom. The van der Waals surface area contributed by atoms with Crippen LogP contribution >= 0.6 is 0 Å². The zero-order valence-corrected chi connectivity index (χ0v) is 13.2. The van der Waals surface area contributed by atoms with Crippen molar-refractivity contribution < 1.29 is 8.42 Å². The van der Waals surface area contributed by atoms with Gasteiger partial charge in [0.15, 0.2) is 9.84 Å². The molecule has 2 atom stereocenters. The Labute approximate surface area is 122 Å². The summed E-state index contributed by atoms with van der Waals surface area (Å²) in [6.45, 7) is 4.55. The van der Waals surface area contributed by atoms with Gasteiger partial charge in [-0.15, -0.1) is 0 Å². The molecule has 0 radical (unpaired) electrons. The molecule has 3 aliphatic rings. The number of sulfone groups is 1. The predicted molar refractivity (Wildman–Crippen MR) is 80.4 cm³/mol. The van der Waals surface area contributed by atoms with Gasteiger partial charge in [-0.2, -0.15) is 0 Å². The monoisotopic (exact) mass is 301 g/mol.